The van der Waals surface area contributed by atoms with Crippen molar-refractivity contribution in [3.05, 3.63) is 48.2 Å². The van der Waals surface area contributed by atoms with Crippen LogP contribution in [0, 0.1) is 17.0 Å². The number of phenolic OH excluding ortho intramolecular Hbond substituents is 1. The minimum absolute atomic E-state index is 0.00916. The summed E-state index contributed by atoms with van der Waals surface area (Å²) in [5, 5.41) is 13.9. The summed E-state index contributed by atoms with van der Waals surface area (Å²) >= 11 is 0. The van der Waals surface area contributed by atoms with Gasteiger partial charge in [-0.1, -0.05) is 0 Å². The average molecular weight is 420 g/mol. The number of halogens is 2. The molecule has 2 aliphatic heterocycles. The van der Waals surface area contributed by atoms with Crippen molar-refractivity contribution < 1.29 is 22.3 Å². The molecule has 3 aromatic rings. The summed E-state index contributed by atoms with van der Waals surface area (Å²) in [4.78, 5) is 2.16. The molecule has 0 unspecified atom stereocenters. The van der Waals surface area contributed by atoms with Crippen molar-refractivity contribution in [3.8, 4) is 11.4 Å². The van der Waals surface area contributed by atoms with Crippen LogP contribution in [0.4, 0.5) is 14.5 Å². The predicted molar refractivity (Wildman–Crippen MR) is 104 cm³/mol. The van der Waals surface area contributed by atoms with Crippen LogP contribution < -0.4 is 4.90 Å². The number of fused-ring (bicyclic) bond motifs is 1. The SMILES string of the molecule is CS(=O)(=O)N1CC2(CN(c3ccc(-n4ncc5cc(F)c(O)c(F)c54)cc3)C2)C1. The van der Waals surface area contributed by atoms with Gasteiger partial charge in [-0.05, 0) is 30.3 Å². The van der Waals surface area contributed by atoms with Crippen LogP contribution in [0.1, 0.15) is 0 Å². The summed E-state index contributed by atoms with van der Waals surface area (Å²) in [6.45, 7) is 2.67. The Hall–Kier alpha value is -2.72. The molecule has 2 aliphatic rings. The van der Waals surface area contributed by atoms with E-state index in [1.165, 1.54) is 21.4 Å². The van der Waals surface area contributed by atoms with E-state index in [0.29, 0.717) is 18.8 Å². The maximum Gasteiger partial charge on any atom is 0.211 e. The zero-order valence-corrected chi connectivity index (χ0v) is 16.3. The van der Waals surface area contributed by atoms with Gasteiger partial charge in [0.1, 0.15) is 5.52 Å². The molecule has 2 saturated heterocycles. The Morgan fingerprint density at radius 1 is 1.07 bits per heavy atom. The van der Waals surface area contributed by atoms with Gasteiger partial charge in [0.05, 0.1) is 18.1 Å². The van der Waals surface area contributed by atoms with Gasteiger partial charge < -0.3 is 10.0 Å². The summed E-state index contributed by atoms with van der Waals surface area (Å²) in [5.74, 6) is -3.10. The third-order valence-electron chi connectivity index (χ3n) is 5.73. The first-order valence-electron chi connectivity index (χ1n) is 9.02. The molecule has 1 aromatic heterocycles. The molecule has 1 N–H and O–H groups in total. The van der Waals surface area contributed by atoms with Gasteiger partial charge in [0.25, 0.3) is 0 Å². The second-order valence-corrected chi connectivity index (χ2v) is 9.90. The maximum atomic E-state index is 14.4. The molecule has 2 fully saturated rings. The van der Waals surface area contributed by atoms with Crippen molar-refractivity contribution in [1.82, 2.24) is 14.1 Å². The van der Waals surface area contributed by atoms with E-state index in [0.717, 1.165) is 24.8 Å². The normalized spacial score (nSPS) is 18.8. The van der Waals surface area contributed by atoms with E-state index in [2.05, 4.69) is 10.00 Å². The third-order valence-corrected chi connectivity index (χ3v) is 6.92. The van der Waals surface area contributed by atoms with Gasteiger partial charge in [-0.3, -0.25) is 0 Å². The van der Waals surface area contributed by atoms with Crippen molar-refractivity contribution in [3.63, 3.8) is 0 Å². The molecule has 1 spiro atoms. The Bertz CT molecular complexity index is 1230. The Morgan fingerprint density at radius 3 is 2.31 bits per heavy atom. The second kappa shape index (κ2) is 5.90. The predicted octanol–water partition coefficient (Wildman–Crippen LogP) is 2.09. The summed E-state index contributed by atoms with van der Waals surface area (Å²) in [6.07, 6.45) is 2.57. The number of nitrogens with zero attached hydrogens (tertiary/aromatic N) is 4. The first kappa shape index (κ1) is 18.3. The number of rotatable bonds is 3. The number of phenols is 1. The zero-order chi connectivity index (χ0) is 20.6. The summed E-state index contributed by atoms with van der Waals surface area (Å²) in [6, 6.07) is 8.35. The topological polar surface area (TPSA) is 78.7 Å². The van der Waals surface area contributed by atoms with E-state index in [-0.39, 0.29) is 16.3 Å². The molecule has 0 saturated carbocycles. The van der Waals surface area contributed by atoms with Gasteiger partial charge in [-0.2, -0.15) is 5.10 Å². The molecule has 0 atom stereocenters. The van der Waals surface area contributed by atoms with Gasteiger partial charge in [0, 0.05) is 42.7 Å². The first-order valence-corrected chi connectivity index (χ1v) is 10.9. The molecule has 7 nitrogen and oxygen atoms in total. The van der Waals surface area contributed by atoms with Crippen molar-refractivity contribution >= 4 is 26.6 Å². The van der Waals surface area contributed by atoms with Crippen molar-refractivity contribution in [2.45, 2.75) is 0 Å². The molecule has 0 amide bonds. The van der Waals surface area contributed by atoms with Crippen LogP contribution in [0.2, 0.25) is 0 Å². The highest BCUT2D eigenvalue weighted by Gasteiger charge is 2.54. The molecule has 0 aliphatic carbocycles. The Labute approximate surface area is 165 Å². The number of sulfonamides is 1. The molecule has 5 rings (SSSR count). The fraction of sp³-hybridized carbons (Fsp3) is 0.316. The Morgan fingerprint density at radius 2 is 1.69 bits per heavy atom. The number of benzene rings is 2. The lowest BCUT2D eigenvalue weighted by atomic mass is 9.74. The fourth-order valence-electron chi connectivity index (χ4n) is 4.19. The van der Waals surface area contributed by atoms with Gasteiger partial charge in [-0.25, -0.2) is 26.2 Å². The zero-order valence-electron chi connectivity index (χ0n) is 15.5. The van der Waals surface area contributed by atoms with Crippen molar-refractivity contribution in [2.24, 2.45) is 5.41 Å². The molecule has 0 bridgehead atoms. The Balaban J connectivity index is 1.35. The van der Waals surface area contributed by atoms with Crippen LogP contribution in [0.5, 0.6) is 5.75 Å². The Kier molecular flexibility index (Phi) is 3.72. The quantitative estimate of drug-likeness (QED) is 0.702. The van der Waals surface area contributed by atoms with E-state index in [1.54, 1.807) is 12.1 Å². The molecule has 3 heterocycles. The molecule has 10 heteroatoms. The van der Waals surface area contributed by atoms with E-state index in [1.807, 2.05) is 12.1 Å². The maximum absolute atomic E-state index is 14.4. The highest BCUT2D eigenvalue weighted by molar-refractivity contribution is 7.88. The van der Waals surface area contributed by atoms with E-state index in [9.17, 15) is 22.3 Å². The fourth-order valence-corrected chi connectivity index (χ4v) is 5.21. The monoisotopic (exact) mass is 420 g/mol. The molecule has 2 aromatic carbocycles. The largest absolute Gasteiger partial charge is 0.503 e. The minimum Gasteiger partial charge on any atom is -0.503 e. The van der Waals surface area contributed by atoms with Crippen LogP contribution in [0.3, 0.4) is 0 Å². The number of hydrogen-bond donors (Lipinski definition) is 1. The lowest BCUT2D eigenvalue weighted by Crippen LogP contribution is -2.72. The number of aromatic nitrogens is 2. The van der Waals surface area contributed by atoms with Gasteiger partial charge in [0.15, 0.2) is 17.4 Å². The van der Waals surface area contributed by atoms with Gasteiger partial charge in [-0.15, -0.1) is 0 Å². The van der Waals surface area contributed by atoms with E-state index < -0.39 is 27.4 Å². The summed E-state index contributed by atoms with van der Waals surface area (Å²) < 4.78 is 53.8. The number of hydrogen-bond acceptors (Lipinski definition) is 5. The van der Waals surface area contributed by atoms with Gasteiger partial charge in [0.2, 0.25) is 10.0 Å². The molecular weight excluding hydrogens is 402 g/mol. The molecular formula is C19H18F2N4O3S. The average Bonchev–Trinajstić information content (AvgIpc) is 3.00. The lowest BCUT2D eigenvalue weighted by Gasteiger charge is -2.60. The van der Waals surface area contributed by atoms with Crippen molar-refractivity contribution in [1.29, 1.82) is 0 Å². The number of anilines is 1. The smallest absolute Gasteiger partial charge is 0.211 e. The van der Waals surface area contributed by atoms with E-state index >= 15 is 0 Å². The van der Waals surface area contributed by atoms with Crippen LogP contribution >= 0.6 is 0 Å². The summed E-state index contributed by atoms with van der Waals surface area (Å²) in [7, 11) is -3.12. The third kappa shape index (κ3) is 2.77. The standard InChI is InChI=1S/C19H18F2N4O3S/c1-29(27,28)24-10-19(11-24)8-23(9-19)13-2-4-14(5-3-13)25-17-12(7-22-25)6-15(20)18(26)16(17)21/h2-7,26H,8-11H2,1H3. The molecule has 152 valence electrons. The van der Waals surface area contributed by atoms with E-state index in [4.69, 9.17) is 0 Å². The van der Waals surface area contributed by atoms with Crippen LogP contribution in [0.25, 0.3) is 16.6 Å². The minimum atomic E-state index is -3.12. The van der Waals surface area contributed by atoms with Crippen LogP contribution in [0.15, 0.2) is 36.5 Å². The molecule has 0 radical (unpaired) electrons. The highest BCUT2D eigenvalue weighted by Crippen LogP contribution is 2.43. The van der Waals surface area contributed by atoms with Crippen LogP contribution in [-0.4, -0.2) is 60.0 Å². The van der Waals surface area contributed by atoms with Gasteiger partial charge >= 0.3 is 0 Å². The molecule has 29 heavy (non-hydrogen) atoms. The second-order valence-electron chi connectivity index (χ2n) is 7.92. The lowest BCUT2D eigenvalue weighted by molar-refractivity contribution is 0.0400. The highest BCUT2D eigenvalue weighted by atomic mass is 32.2. The van der Waals surface area contributed by atoms with Crippen LogP contribution in [-0.2, 0) is 10.0 Å². The number of aromatic hydroxyl groups is 1. The summed E-state index contributed by atoms with van der Waals surface area (Å²) in [5.41, 5.74) is 1.60. The first-order chi connectivity index (χ1) is 13.7. The van der Waals surface area contributed by atoms with Crippen molar-refractivity contribution in [2.75, 3.05) is 37.3 Å².